The van der Waals surface area contributed by atoms with Gasteiger partial charge in [0.05, 0.1) is 24.6 Å². The average Bonchev–Trinajstić information content (AvgIpc) is 2.76. The summed E-state index contributed by atoms with van der Waals surface area (Å²) in [5.74, 6) is 1.44. The second-order valence-electron chi connectivity index (χ2n) is 6.61. The zero-order chi connectivity index (χ0) is 20.2. The lowest BCUT2D eigenvalue weighted by Crippen LogP contribution is -2.24. The minimum absolute atomic E-state index is 0.0354. The molecule has 4 nitrogen and oxygen atoms in total. The molecule has 0 spiro atoms. The van der Waals surface area contributed by atoms with E-state index >= 15 is 0 Å². The molecule has 0 radical (unpaired) electrons. The molecular formula is C24H19IN2O2. The molecule has 0 aliphatic heterocycles. The fourth-order valence-corrected chi connectivity index (χ4v) is 3.63. The fourth-order valence-electron chi connectivity index (χ4n) is 3.14. The zero-order valence-electron chi connectivity index (χ0n) is 15.9. The van der Waals surface area contributed by atoms with Gasteiger partial charge in [0.2, 0.25) is 0 Å². The third-order valence-electron chi connectivity index (χ3n) is 4.67. The molecule has 3 aromatic carbocycles. The van der Waals surface area contributed by atoms with Gasteiger partial charge < -0.3 is 4.74 Å². The molecule has 5 heteroatoms. The first-order chi connectivity index (χ1) is 14.1. The van der Waals surface area contributed by atoms with E-state index in [-0.39, 0.29) is 5.56 Å². The molecule has 1 heterocycles. The molecule has 0 aliphatic carbocycles. The first-order valence-corrected chi connectivity index (χ1v) is 10.3. The van der Waals surface area contributed by atoms with Gasteiger partial charge in [-0.1, -0.05) is 48.5 Å². The number of benzene rings is 3. The number of halogens is 1. The van der Waals surface area contributed by atoms with Gasteiger partial charge in [0.25, 0.3) is 5.56 Å². The zero-order valence-corrected chi connectivity index (χ0v) is 18.0. The Balaban J connectivity index is 1.81. The van der Waals surface area contributed by atoms with Crippen molar-refractivity contribution in [3.05, 3.63) is 104 Å². The van der Waals surface area contributed by atoms with E-state index in [1.165, 1.54) is 0 Å². The van der Waals surface area contributed by atoms with Crippen LogP contribution in [-0.2, 0) is 6.54 Å². The maximum atomic E-state index is 13.3. The van der Waals surface area contributed by atoms with Crippen molar-refractivity contribution in [2.45, 2.75) is 6.54 Å². The second kappa shape index (κ2) is 8.61. The number of methoxy groups -OCH3 is 1. The maximum Gasteiger partial charge on any atom is 0.261 e. The minimum atomic E-state index is -0.0354. The van der Waals surface area contributed by atoms with Crippen LogP contribution in [0, 0.1) is 3.57 Å². The van der Waals surface area contributed by atoms with Crippen LogP contribution in [0.25, 0.3) is 23.1 Å². The number of rotatable bonds is 5. The molecule has 0 unspecified atom stereocenters. The fraction of sp³-hybridized carbons (Fsp3) is 0.0833. The highest BCUT2D eigenvalue weighted by Gasteiger charge is 2.10. The van der Waals surface area contributed by atoms with Gasteiger partial charge in [-0.2, -0.15) is 0 Å². The van der Waals surface area contributed by atoms with Gasteiger partial charge in [0, 0.05) is 3.57 Å². The van der Waals surface area contributed by atoms with Gasteiger partial charge in [0.15, 0.2) is 0 Å². The Hall–Kier alpha value is -2.93. The number of fused-ring (bicyclic) bond motifs is 1. The molecule has 0 amide bonds. The summed E-state index contributed by atoms with van der Waals surface area (Å²) >= 11 is 2.22. The van der Waals surface area contributed by atoms with E-state index in [2.05, 4.69) is 22.6 Å². The summed E-state index contributed by atoms with van der Waals surface area (Å²) in [6.07, 6.45) is 3.85. The van der Waals surface area contributed by atoms with Crippen LogP contribution >= 0.6 is 22.6 Å². The van der Waals surface area contributed by atoms with E-state index in [1.54, 1.807) is 11.7 Å². The lowest BCUT2D eigenvalue weighted by molar-refractivity contribution is 0.415. The molecule has 4 rings (SSSR count). The Labute approximate surface area is 182 Å². The SMILES string of the molecule is COc1ccc(C=Cc2nc3ccc(I)cc3c(=O)n2Cc2ccccc2)cc1. The van der Waals surface area contributed by atoms with E-state index in [9.17, 15) is 4.79 Å². The molecule has 1 aromatic heterocycles. The molecule has 0 bridgehead atoms. The van der Waals surface area contributed by atoms with Crippen LogP contribution in [0.5, 0.6) is 5.75 Å². The molecule has 0 saturated heterocycles. The largest absolute Gasteiger partial charge is 0.497 e. The third kappa shape index (κ3) is 4.40. The number of aromatic nitrogens is 2. The predicted molar refractivity (Wildman–Crippen MR) is 126 cm³/mol. The number of hydrogen-bond donors (Lipinski definition) is 0. The average molecular weight is 494 g/mol. The van der Waals surface area contributed by atoms with Crippen molar-refractivity contribution in [2.24, 2.45) is 0 Å². The van der Waals surface area contributed by atoms with Gasteiger partial charge >= 0.3 is 0 Å². The summed E-state index contributed by atoms with van der Waals surface area (Å²) in [5, 5.41) is 0.634. The predicted octanol–water partition coefficient (Wildman–Crippen LogP) is 5.23. The number of ether oxygens (including phenoxy) is 1. The summed E-state index contributed by atoms with van der Waals surface area (Å²) < 4.78 is 7.95. The Kier molecular flexibility index (Phi) is 5.76. The second-order valence-corrected chi connectivity index (χ2v) is 7.86. The van der Waals surface area contributed by atoms with E-state index in [0.29, 0.717) is 23.3 Å². The van der Waals surface area contributed by atoms with E-state index in [1.807, 2.05) is 84.9 Å². The summed E-state index contributed by atoms with van der Waals surface area (Å²) in [6, 6.07) is 23.5. The molecule has 0 saturated carbocycles. The topological polar surface area (TPSA) is 44.1 Å². The van der Waals surface area contributed by atoms with Crippen LogP contribution in [0.4, 0.5) is 0 Å². The Bertz CT molecular complexity index is 1230. The molecular weight excluding hydrogens is 475 g/mol. The van der Waals surface area contributed by atoms with E-state index in [4.69, 9.17) is 9.72 Å². The van der Waals surface area contributed by atoms with Crippen molar-refractivity contribution in [1.82, 2.24) is 9.55 Å². The van der Waals surface area contributed by atoms with Gasteiger partial charge in [-0.15, -0.1) is 0 Å². The van der Waals surface area contributed by atoms with Gasteiger partial charge in [-0.05, 0) is 70.1 Å². The molecule has 0 N–H and O–H groups in total. The van der Waals surface area contributed by atoms with Crippen molar-refractivity contribution in [3.63, 3.8) is 0 Å². The quantitative estimate of drug-likeness (QED) is 0.357. The standard InChI is InChI=1S/C24H19IN2O2/c1-29-20-11-7-17(8-12-20)9-14-23-26-22-13-10-19(25)15-21(22)24(28)27(23)16-18-5-3-2-4-6-18/h2-15H,16H2,1H3. The van der Waals surface area contributed by atoms with Crippen molar-refractivity contribution in [3.8, 4) is 5.75 Å². The van der Waals surface area contributed by atoms with Crippen LogP contribution in [0.1, 0.15) is 17.0 Å². The maximum absolute atomic E-state index is 13.3. The number of hydrogen-bond acceptors (Lipinski definition) is 3. The van der Waals surface area contributed by atoms with E-state index in [0.717, 1.165) is 20.4 Å². The molecule has 144 valence electrons. The highest BCUT2D eigenvalue weighted by atomic mass is 127. The molecule has 0 atom stereocenters. The van der Waals surface area contributed by atoms with Crippen LogP contribution < -0.4 is 10.3 Å². The Morgan fingerprint density at radius 3 is 2.48 bits per heavy atom. The molecule has 0 fully saturated rings. The van der Waals surface area contributed by atoms with Crippen molar-refractivity contribution < 1.29 is 4.74 Å². The Morgan fingerprint density at radius 1 is 1.00 bits per heavy atom. The smallest absolute Gasteiger partial charge is 0.261 e. The summed E-state index contributed by atoms with van der Waals surface area (Å²) in [7, 11) is 1.65. The van der Waals surface area contributed by atoms with Crippen LogP contribution in [0.15, 0.2) is 77.6 Å². The third-order valence-corrected chi connectivity index (χ3v) is 5.34. The van der Waals surface area contributed by atoms with E-state index < -0.39 is 0 Å². The lowest BCUT2D eigenvalue weighted by atomic mass is 10.2. The van der Waals surface area contributed by atoms with Crippen LogP contribution in [0.2, 0.25) is 0 Å². The van der Waals surface area contributed by atoms with Crippen molar-refractivity contribution >= 4 is 45.6 Å². The molecule has 0 aliphatic rings. The molecule has 29 heavy (non-hydrogen) atoms. The van der Waals surface area contributed by atoms with Gasteiger partial charge in [0.1, 0.15) is 11.6 Å². The monoisotopic (exact) mass is 494 g/mol. The van der Waals surface area contributed by atoms with Crippen LogP contribution in [0.3, 0.4) is 0 Å². The van der Waals surface area contributed by atoms with Gasteiger partial charge in [-0.3, -0.25) is 9.36 Å². The normalized spacial score (nSPS) is 11.2. The summed E-state index contributed by atoms with van der Waals surface area (Å²) in [4.78, 5) is 18.0. The lowest BCUT2D eigenvalue weighted by Gasteiger charge is -2.12. The molecule has 4 aromatic rings. The summed E-state index contributed by atoms with van der Waals surface area (Å²) in [5.41, 5.74) is 2.73. The highest BCUT2D eigenvalue weighted by molar-refractivity contribution is 14.1. The first kappa shape index (κ1) is 19.4. The van der Waals surface area contributed by atoms with Crippen molar-refractivity contribution in [1.29, 1.82) is 0 Å². The van der Waals surface area contributed by atoms with Crippen molar-refractivity contribution in [2.75, 3.05) is 7.11 Å². The summed E-state index contributed by atoms with van der Waals surface area (Å²) in [6.45, 7) is 0.469. The Morgan fingerprint density at radius 2 is 1.76 bits per heavy atom. The minimum Gasteiger partial charge on any atom is -0.497 e. The van der Waals surface area contributed by atoms with Crippen LogP contribution in [-0.4, -0.2) is 16.7 Å². The number of nitrogens with zero attached hydrogens (tertiary/aromatic N) is 2. The first-order valence-electron chi connectivity index (χ1n) is 9.20. The van der Waals surface area contributed by atoms with Gasteiger partial charge in [-0.25, -0.2) is 4.98 Å². The highest BCUT2D eigenvalue weighted by Crippen LogP contribution is 2.17.